The van der Waals surface area contributed by atoms with E-state index in [0.29, 0.717) is 0 Å². The number of hydrogen-bond donors (Lipinski definition) is 2. The van der Waals surface area contributed by atoms with Crippen molar-refractivity contribution in [2.75, 3.05) is 20.6 Å². The molecule has 3 nitrogen and oxygen atoms in total. The Morgan fingerprint density at radius 3 is 2.42 bits per heavy atom. The molecular formula is C22H36ClNO2. The molecule has 0 saturated heterocycles. The number of nitrogens with zero attached hydrogens (tertiary/aromatic N) is 1. The van der Waals surface area contributed by atoms with Crippen molar-refractivity contribution in [1.82, 2.24) is 4.90 Å². The minimum absolute atomic E-state index is 0. The second-order valence-electron chi connectivity index (χ2n) is 8.80. The Morgan fingerprint density at radius 1 is 1.08 bits per heavy atom. The van der Waals surface area contributed by atoms with Crippen molar-refractivity contribution >= 4 is 12.4 Å². The SMILES string of the molecule is CN(C)CC1CC(CCC2CCCC2)CCC1(O)c1cccc(O)c1.Cl. The van der Waals surface area contributed by atoms with Gasteiger partial charge in [-0.3, -0.25) is 0 Å². The number of halogens is 1. The first-order chi connectivity index (χ1) is 12.0. The lowest BCUT2D eigenvalue weighted by Crippen LogP contribution is -2.45. The summed E-state index contributed by atoms with van der Waals surface area (Å²) in [5.41, 5.74) is 0.0703. The van der Waals surface area contributed by atoms with E-state index in [9.17, 15) is 10.2 Å². The summed E-state index contributed by atoms with van der Waals surface area (Å²) >= 11 is 0. The molecule has 0 aliphatic heterocycles. The van der Waals surface area contributed by atoms with Crippen LogP contribution in [0.1, 0.15) is 63.4 Å². The molecule has 1 aromatic rings. The molecule has 2 fully saturated rings. The predicted molar refractivity (Wildman–Crippen MR) is 110 cm³/mol. The van der Waals surface area contributed by atoms with Gasteiger partial charge in [0.1, 0.15) is 5.75 Å². The third-order valence-electron chi connectivity index (χ3n) is 6.62. The van der Waals surface area contributed by atoms with Crippen molar-refractivity contribution in [1.29, 1.82) is 0 Å². The van der Waals surface area contributed by atoms with E-state index in [1.165, 1.54) is 38.5 Å². The Balaban J connectivity index is 0.00000243. The van der Waals surface area contributed by atoms with Gasteiger partial charge < -0.3 is 15.1 Å². The van der Waals surface area contributed by atoms with Crippen LogP contribution in [0.4, 0.5) is 0 Å². The van der Waals surface area contributed by atoms with Crippen molar-refractivity contribution in [3.05, 3.63) is 29.8 Å². The van der Waals surface area contributed by atoms with Gasteiger partial charge in [0.15, 0.2) is 0 Å². The summed E-state index contributed by atoms with van der Waals surface area (Å²) in [6.07, 6.45) is 11.4. The minimum atomic E-state index is -0.813. The van der Waals surface area contributed by atoms with Crippen LogP contribution in [0.5, 0.6) is 5.75 Å². The first kappa shape index (κ1) is 21.5. The van der Waals surface area contributed by atoms with Crippen molar-refractivity contribution in [3.8, 4) is 5.75 Å². The molecule has 3 unspecified atom stereocenters. The van der Waals surface area contributed by atoms with Crippen molar-refractivity contribution in [2.24, 2.45) is 17.8 Å². The van der Waals surface area contributed by atoms with E-state index in [1.54, 1.807) is 12.1 Å². The first-order valence-electron chi connectivity index (χ1n) is 10.1. The van der Waals surface area contributed by atoms with Gasteiger partial charge in [-0.15, -0.1) is 12.4 Å². The largest absolute Gasteiger partial charge is 0.508 e. The summed E-state index contributed by atoms with van der Waals surface area (Å²) in [6, 6.07) is 7.26. The maximum Gasteiger partial charge on any atom is 0.115 e. The normalized spacial score (nSPS) is 29.7. The van der Waals surface area contributed by atoms with Crippen LogP contribution in [0, 0.1) is 17.8 Å². The fourth-order valence-electron chi connectivity index (χ4n) is 5.20. The number of hydrogen-bond acceptors (Lipinski definition) is 3. The Hall–Kier alpha value is -0.770. The van der Waals surface area contributed by atoms with Gasteiger partial charge in [0, 0.05) is 12.5 Å². The van der Waals surface area contributed by atoms with E-state index in [0.717, 1.165) is 43.2 Å². The van der Waals surface area contributed by atoms with Crippen molar-refractivity contribution < 1.29 is 10.2 Å². The Labute approximate surface area is 165 Å². The zero-order valence-electron chi connectivity index (χ0n) is 16.4. The van der Waals surface area contributed by atoms with Crippen LogP contribution < -0.4 is 0 Å². The predicted octanol–water partition coefficient (Wildman–Crippen LogP) is 4.95. The molecule has 0 radical (unpaired) electrons. The average molecular weight is 382 g/mol. The highest BCUT2D eigenvalue weighted by atomic mass is 35.5. The molecule has 26 heavy (non-hydrogen) atoms. The summed E-state index contributed by atoms with van der Waals surface area (Å²) in [4.78, 5) is 2.19. The van der Waals surface area contributed by atoms with Gasteiger partial charge in [-0.05, 0) is 62.9 Å². The zero-order chi connectivity index (χ0) is 17.9. The van der Waals surface area contributed by atoms with E-state index in [1.807, 2.05) is 12.1 Å². The quantitative estimate of drug-likeness (QED) is 0.732. The van der Waals surface area contributed by atoms with Gasteiger partial charge in [-0.2, -0.15) is 0 Å². The molecule has 0 bridgehead atoms. The standard InChI is InChI=1S/C22H35NO2.ClH/c1-23(2)16-20-14-18(11-10-17-6-3-4-7-17)12-13-22(20,25)19-8-5-9-21(24)15-19;/h5,8-9,15,17-18,20,24-25H,3-4,6-7,10-14,16H2,1-2H3;1H. The maximum atomic E-state index is 11.5. The third kappa shape index (κ3) is 5.15. The average Bonchev–Trinajstić information content (AvgIpc) is 3.09. The van der Waals surface area contributed by atoms with Crippen LogP contribution in [-0.2, 0) is 5.60 Å². The molecule has 2 saturated carbocycles. The number of aromatic hydroxyl groups is 1. The minimum Gasteiger partial charge on any atom is -0.508 e. The topological polar surface area (TPSA) is 43.7 Å². The highest BCUT2D eigenvalue weighted by molar-refractivity contribution is 5.85. The van der Waals surface area contributed by atoms with Crippen molar-refractivity contribution in [3.63, 3.8) is 0 Å². The van der Waals surface area contributed by atoms with Gasteiger partial charge in [-0.1, -0.05) is 50.7 Å². The van der Waals surface area contributed by atoms with Crippen LogP contribution in [0.25, 0.3) is 0 Å². The van der Waals surface area contributed by atoms with E-state index in [4.69, 9.17) is 0 Å². The van der Waals surface area contributed by atoms with Gasteiger partial charge in [0.25, 0.3) is 0 Å². The highest BCUT2D eigenvalue weighted by Crippen LogP contribution is 2.46. The lowest BCUT2D eigenvalue weighted by Gasteiger charge is -2.45. The maximum absolute atomic E-state index is 11.5. The lowest BCUT2D eigenvalue weighted by atomic mass is 9.66. The van der Waals surface area contributed by atoms with Gasteiger partial charge in [-0.25, -0.2) is 0 Å². The Kier molecular flexibility index (Phi) is 7.81. The fraction of sp³-hybridized carbons (Fsp3) is 0.727. The van der Waals surface area contributed by atoms with E-state index in [2.05, 4.69) is 19.0 Å². The summed E-state index contributed by atoms with van der Waals surface area (Å²) in [6.45, 7) is 0.895. The molecule has 2 N–H and O–H groups in total. The molecule has 0 aromatic heterocycles. The van der Waals surface area contributed by atoms with Crippen molar-refractivity contribution in [2.45, 2.75) is 63.4 Å². The lowest BCUT2D eigenvalue weighted by molar-refractivity contribution is -0.0767. The van der Waals surface area contributed by atoms with Crippen LogP contribution in [0.15, 0.2) is 24.3 Å². The van der Waals surface area contributed by atoms with E-state index < -0.39 is 5.60 Å². The molecule has 1 aromatic carbocycles. The smallest absolute Gasteiger partial charge is 0.115 e. The Morgan fingerprint density at radius 2 is 1.77 bits per heavy atom. The van der Waals surface area contributed by atoms with E-state index in [-0.39, 0.29) is 24.1 Å². The molecule has 4 heteroatoms. The van der Waals surface area contributed by atoms with E-state index >= 15 is 0 Å². The zero-order valence-corrected chi connectivity index (χ0v) is 17.2. The van der Waals surface area contributed by atoms with Gasteiger partial charge in [0.05, 0.1) is 5.60 Å². The molecule has 0 amide bonds. The molecule has 148 valence electrons. The highest BCUT2D eigenvalue weighted by Gasteiger charge is 2.43. The molecular weight excluding hydrogens is 346 g/mol. The van der Waals surface area contributed by atoms with Crippen LogP contribution >= 0.6 is 12.4 Å². The molecule has 2 aliphatic carbocycles. The molecule has 2 aliphatic rings. The number of phenolic OH excluding ortho intramolecular Hbond substituents is 1. The summed E-state index contributed by atoms with van der Waals surface area (Å²) in [5, 5.41) is 21.4. The summed E-state index contributed by atoms with van der Waals surface area (Å²) in [7, 11) is 4.18. The number of rotatable bonds is 6. The molecule has 0 spiro atoms. The van der Waals surface area contributed by atoms with Crippen LogP contribution in [0.3, 0.4) is 0 Å². The third-order valence-corrected chi connectivity index (χ3v) is 6.62. The Bertz CT molecular complexity index is 559. The second-order valence-corrected chi connectivity index (χ2v) is 8.80. The molecule has 3 atom stereocenters. The fourth-order valence-corrected chi connectivity index (χ4v) is 5.20. The second kappa shape index (κ2) is 9.43. The number of aliphatic hydroxyl groups is 1. The van der Waals surface area contributed by atoms with Gasteiger partial charge in [0.2, 0.25) is 0 Å². The van der Waals surface area contributed by atoms with Crippen LogP contribution in [0.2, 0.25) is 0 Å². The number of phenols is 1. The van der Waals surface area contributed by atoms with Crippen LogP contribution in [-0.4, -0.2) is 35.8 Å². The first-order valence-corrected chi connectivity index (χ1v) is 10.1. The summed E-state index contributed by atoms with van der Waals surface area (Å²) in [5.74, 6) is 2.17. The summed E-state index contributed by atoms with van der Waals surface area (Å²) < 4.78 is 0. The van der Waals surface area contributed by atoms with Gasteiger partial charge >= 0.3 is 0 Å². The molecule has 0 heterocycles. The number of benzene rings is 1. The molecule has 3 rings (SSSR count). The monoisotopic (exact) mass is 381 g/mol.